The third-order valence-electron chi connectivity index (χ3n) is 3.48. The van der Waals surface area contributed by atoms with E-state index in [0.717, 1.165) is 11.1 Å². The minimum atomic E-state index is -0.646. The Morgan fingerprint density at radius 2 is 1.86 bits per heavy atom. The molecule has 0 bridgehead atoms. The fourth-order valence-electron chi connectivity index (χ4n) is 2.41. The molecule has 0 atom stereocenters. The molecule has 22 heavy (non-hydrogen) atoms. The molecular formula is C16H20N2O4. The average Bonchev–Trinajstić information content (AvgIpc) is 2.47. The number of esters is 1. The zero-order valence-corrected chi connectivity index (χ0v) is 12.9. The van der Waals surface area contributed by atoms with Gasteiger partial charge in [0.2, 0.25) is 0 Å². The number of benzene rings is 1. The van der Waals surface area contributed by atoms with Crippen molar-refractivity contribution in [2.45, 2.75) is 20.4 Å². The van der Waals surface area contributed by atoms with Crippen LogP contribution in [0.15, 0.2) is 24.3 Å². The molecule has 2 rings (SSSR count). The zero-order valence-electron chi connectivity index (χ0n) is 12.9. The monoisotopic (exact) mass is 304 g/mol. The summed E-state index contributed by atoms with van der Waals surface area (Å²) in [5.41, 5.74) is 2.09. The van der Waals surface area contributed by atoms with E-state index in [2.05, 4.69) is 0 Å². The van der Waals surface area contributed by atoms with Gasteiger partial charge >= 0.3 is 17.8 Å². The standard InChI is InChI=1S/C16H20N2O4/c1-3-22-14(19)11-18-8-7-17(15(20)16(18)21)10-13-6-4-5-12(2)9-13/h4-6,9H,3,7-8,10-11H2,1-2H3. The average molecular weight is 304 g/mol. The molecule has 1 heterocycles. The van der Waals surface area contributed by atoms with Gasteiger partial charge in [0.15, 0.2) is 0 Å². The van der Waals surface area contributed by atoms with E-state index >= 15 is 0 Å². The van der Waals surface area contributed by atoms with Crippen molar-refractivity contribution < 1.29 is 19.1 Å². The van der Waals surface area contributed by atoms with Crippen molar-refractivity contribution in [3.05, 3.63) is 35.4 Å². The second kappa shape index (κ2) is 7.06. The van der Waals surface area contributed by atoms with Crippen LogP contribution in [0.2, 0.25) is 0 Å². The lowest BCUT2D eigenvalue weighted by atomic mass is 10.1. The highest BCUT2D eigenvalue weighted by molar-refractivity contribution is 6.35. The maximum atomic E-state index is 12.1. The third kappa shape index (κ3) is 3.84. The van der Waals surface area contributed by atoms with Crippen molar-refractivity contribution in [2.75, 3.05) is 26.2 Å². The van der Waals surface area contributed by atoms with Gasteiger partial charge in [-0.3, -0.25) is 14.4 Å². The number of nitrogens with zero attached hydrogens (tertiary/aromatic N) is 2. The van der Waals surface area contributed by atoms with Gasteiger partial charge in [-0.15, -0.1) is 0 Å². The van der Waals surface area contributed by atoms with E-state index in [0.29, 0.717) is 19.6 Å². The Bertz CT molecular complexity index is 585. The van der Waals surface area contributed by atoms with Crippen molar-refractivity contribution in [1.29, 1.82) is 0 Å². The SMILES string of the molecule is CCOC(=O)CN1CCN(Cc2cccc(C)c2)C(=O)C1=O. The van der Waals surface area contributed by atoms with Crippen LogP contribution < -0.4 is 0 Å². The summed E-state index contributed by atoms with van der Waals surface area (Å²) in [6.45, 7) is 4.93. The molecule has 2 amide bonds. The maximum absolute atomic E-state index is 12.1. The van der Waals surface area contributed by atoms with Gasteiger partial charge in [-0.05, 0) is 19.4 Å². The molecule has 1 aliphatic rings. The molecule has 6 heteroatoms. The van der Waals surface area contributed by atoms with Crippen LogP contribution in [0, 0.1) is 6.92 Å². The molecule has 0 aromatic heterocycles. The lowest BCUT2D eigenvalue weighted by molar-refractivity contribution is -0.160. The lowest BCUT2D eigenvalue weighted by Crippen LogP contribution is -2.55. The summed E-state index contributed by atoms with van der Waals surface area (Å²) >= 11 is 0. The highest BCUT2D eigenvalue weighted by Crippen LogP contribution is 2.12. The predicted octanol–water partition coefficient (Wildman–Crippen LogP) is 0.729. The van der Waals surface area contributed by atoms with Gasteiger partial charge < -0.3 is 14.5 Å². The van der Waals surface area contributed by atoms with E-state index < -0.39 is 17.8 Å². The Kier molecular flexibility index (Phi) is 5.14. The van der Waals surface area contributed by atoms with Gasteiger partial charge in [0.1, 0.15) is 6.54 Å². The summed E-state index contributed by atoms with van der Waals surface area (Å²) in [4.78, 5) is 38.4. The second-order valence-corrected chi connectivity index (χ2v) is 5.25. The Morgan fingerprint density at radius 1 is 1.18 bits per heavy atom. The molecule has 0 N–H and O–H groups in total. The predicted molar refractivity (Wildman–Crippen MR) is 79.8 cm³/mol. The van der Waals surface area contributed by atoms with Crippen LogP contribution in [-0.2, 0) is 25.7 Å². The molecule has 1 aromatic rings. The lowest BCUT2D eigenvalue weighted by Gasteiger charge is -2.33. The molecule has 1 saturated heterocycles. The van der Waals surface area contributed by atoms with E-state index in [4.69, 9.17) is 4.74 Å². The number of ether oxygens (including phenoxy) is 1. The first-order chi connectivity index (χ1) is 10.5. The molecular weight excluding hydrogens is 284 g/mol. The van der Waals surface area contributed by atoms with Gasteiger partial charge in [0.25, 0.3) is 0 Å². The number of rotatable bonds is 5. The van der Waals surface area contributed by atoms with Crippen LogP contribution >= 0.6 is 0 Å². The van der Waals surface area contributed by atoms with Crippen LogP contribution in [0.3, 0.4) is 0 Å². The third-order valence-corrected chi connectivity index (χ3v) is 3.48. The minimum Gasteiger partial charge on any atom is -0.465 e. The summed E-state index contributed by atoms with van der Waals surface area (Å²) in [5.74, 6) is -1.71. The number of hydrogen-bond donors (Lipinski definition) is 0. The molecule has 6 nitrogen and oxygen atoms in total. The first kappa shape index (κ1) is 16.0. The smallest absolute Gasteiger partial charge is 0.325 e. The Hall–Kier alpha value is -2.37. The molecule has 1 aromatic carbocycles. The van der Waals surface area contributed by atoms with Crippen LogP contribution in [0.4, 0.5) is 0 Å². The fourth-order valence-corrected chi connectivity index (χ4v) is 2.41. The number of piperazine rings is 1. The summed E-state index contributed by atoms with van der Waals surface area (Å²) in [7, 11) is 0. The molecule has 1 fully saturated rings. The zero-order chi connectivity index (χ0) is 16.1. The van der Waals surface area contributed by atoms with Gasteiger partial charge in [-0.2, -0.15) is 0 Å². The van der Waals surface area contributed by atoms with Crippen molar-refractivity contribution in [3.63, 3.8) is 0 Å². The highest BCUT2D eigenvalue weighted by Gasteiger charge is 2.33. The van der Waals surface area contributed by atoms with E-state index in [9.17, 15) is 14.4 Å². The quantitative estimate of drug-likeness (QED) is 0.594. The molecule has 0 radical (unpaired) electrons. The second-order valence-electron chi connectivity index (χ2n) is 5.25. The van der Waals surface area contributed by atoms with Crippen LogP contribution in [0.25, 0.3) is 0 Å². The number of aryl methyl sites for hydroxylation is 1. The number of amides is 2. The largest absolute Gasteiger partial charge is 0.465 e. The van der Waals surface area contributed by atoms with Crippen molar-refractivity contribution in [2.24, 2.45) is 0 Å². The van der Waals surface area contributed by atoms with Gasteiger partial charge in [0, 0.05) is 19.6 Å². The summed E-state index contributed by atoms with van der Waals surface area (Å²) in [6, 6.07) is 7.82. The summed E-state index contributed by atoms with van der Waals surface area (Å²) in [6.07, 6.45) is 0. The normalized spacial score (nSPS) is 15.2. The van der Waals surface area contributed by atoms with Gasteiger partial charge in [-0.25, -0.2) is 0 Å². The van der Waals surface area contributed by atoms with Crippen molar-refractivity contribution >= 4 is 17.8 Å². The molecule has 0 unspecified atom stereocenters. The van der Waals surface area contributed by atoms with E-state index in [1.165, 1.54) is 9.80 Å². The number of carbonyl (C=O) groups is 3. The minimum absolute atomic E-state index is 0.170. The Labute approximate surface area is 129 Å². The maximum Gasteiger partial charge on any atom is 0.325 e. The molecule has 0 spiro atoms. The first-order valence-electron chi connectivity index (χ1n) is 7.30. The number of hydrogen-bond acceptors (Lipinski definition) is 4. The van der Waals surface area contributed by atoms with Crippen LogP contribution in [0.5, 0.6) is 0 Å². The van der Waals surface area contributed by atoms with E-state index in [-0.39, 0.29) is 13.2 Å². The molecule has 0 saturated carbocycles. The Morgan fingerprint density at radius 3 is 2.55 bits per heavy atom. The van der Waals surface area contributed by atoms with Crippen molar-refractivity contribution in [1.82, 2.24) is 9.80 Å². The molecule has 0 aliphatic carbocycles. The summed E-state index contributed by atoms with van der Waals surface area (Å²) < 4.78 is 4.81. The van der Waals surface area contributed by atoms with Gasteiger partial charge in [0.05, 0.1) is 6.61 Å². The molecule has 1 aliphatic heterocycles. The first-order valence-corrected chi connectivity index (χ1v) is 7.30. The van der Waals surface area contributed by atoms with E-state index in [1.54, 1.807) is 6.92 Å². The topological polar surface area (TPSA) is 66.9 Å². The highest BCUT2D eigenvalue weighted by atomic mass is 16.5. The fraction of sp³-hybridized carbons (Fsp3) is 0.438. The van der Waals surface area contributed by atoms with Gasteiger partial charge in [-0.1, -0.05) is 29.8 Å². The Balaban J connectivity index is 1.97. The molecule has 118 valence electrons. The van der Waals surface area contributed by atoms with Crippen molar-refractivity contribution in [3.8, 4) is 0 Å². The number of carbonyl (C=O) groups excluding carboxylic acids is 3. The van der Waals surface area contributed by atoms with Crippen LogP contribution in [-0.4, -0.2) is 53.8 Å². The van der Waals surface area contributed by atoms with E-state index in [1.807, 2.05) is 31.2 Å². The van der Waals surface area contributed by atoms with Crippen LogP contribution in [0.1, 0.15) is 18.1 Å². The summed E-state index contributed by atoms with van der Waals surface area (Å²) in [5, 5.41) is 0.